The van der Waals surface area contributed by atoms with Gasteiger partial charge < -0.3 is 13.6 Å². The van der Waals surface area contributed by atoms with E-state index in [2.05, 4.69) is 41.7 Å². The maximum absolute atomic E-state index is 11.4. The minimum Gasteiger partial charge on any atom is -0.421 e. The number of imidazole rings is 1. The van der Waals surface area contributed by atoms with Crippen molar-refractivity contribution >= 4 is 20.0 Å². The lowest BCUT2D eigenvalue weighted by Crippen LogP contribution is -2.32. The molecule has 0 unspecified atom stereocenters. The first-order valence-corrected chi connectivity index (χ1v) is 16.0. The molecule has 1 heterocycles. The molecule has 0 aliphatic rings. The fraction of sp³-hybridized carbons (Fsp3) is 0.870. The van der Waals surface area contributed by atoms with Gasteiger partial charge in [-0.15, -0.1) is 0 Å². The highest BCUT2D eigenvalue weighted by molar-refractivity contribution is 8.13. The van der Waals surface area contributed by atoms with E-state index in [0.717, 1.165) is 17.3 Å². The van der Waals surface area contributed by atoms with Crippen LogP contribution in [0.4, 0.5) is 26.3 Å². The van der Waals surface area contributed by atoms with Crippen LogP contribution in [0.15, 0.2) is 18.7 Å². The molecule has 0 atom stereocenters. The molecule has 0 aromatic carbocycles. The van der Waals surface area contributed by atoms with Gasteiger partial charge in [0.1, 0.15) is 12.4 Å². The third-order valence-electron chi connectivity index (χ3n) is 5.29. The summed E-state index contributed by atoms with van der Waals surface area (Å²) in [4.78, 5) is 0. The Morgan fingerprint density at radius 1 is 0.700 bits per heavy atom. The average molecular weight is 634 g/mol. The van der Waals surface area contributed by atoms with Crippen molar-refractivity contribution in [3.8, 4) is 0 Å². The molecule has 0 radical (unpaired) electrons. The van der Waals surface area contributed by atoms with E-state index >= 15 is 0 Å². The summed E-state index contributed by atoms with van der Waals surface area (Å²) in [7, 11) is -13.4. The van der Waals surface area contributed by atoms with Crippen molar-refractivity contribution in [1.29, 1.82) is 0 Å². The van der Waals surface area contributed by atoms with Crippen LogP contribution in [0.3, 0.4) is 0 Å². The molecule has 0 aliphatic carbocycles. The smallest absolute Gasteiger partial charge is 0.421 e. The molecule has 1 rings (SSSR count). The zero-order valence-electron chi connectivity index (χ0n) is 22.9. The molecule has 0 saturated carbocycles. The van der Waals surface area contributed by atoms with Crippen LogP contribution in [0.1, 0.15) is 90.9 Å². The van der Waals surface area contributed by atoms with Crippen LogP contribution >= 0.6 is 0 Å². The van der Waals surface area contributed by atoms with E-state index < -0.39 is 31.1 Å². The summed E-state index contributed by atoms with van der Waals surface area (Å²) in [6.07, 6.45) is 21.9. The van der Waals surface area contributed by atoms with Gasteiger partial charge in [0.15, 0.2) is 33.5 Å². The zero-order chi connectivity index (χ0) is 30.7. The predicted molar refractivity (Wildman–Crippen MR) is 137 cm³/mol. The Kier molecular flexibility index (Phi) is 18.9. The lowest BCUT2D eigenvalue weighted by Gasteiger charge is -2.22. The number of sulfonamides is 2. The molecule has 17 heteroatoms. The first-order valence-electron chi connectivity index (χ1n) is 13.1. The zero-order valence-corrected chi connectivity index (χ0v) is 24.6. The molecule has 238 valence electrons. The SMILES string of the molecule is CCCCCCCCOCn1cc[n+](COCCCCCCCC)c1.O=S(=O)([N-]S(=O)(=O)C(F)(F)F)C(F)(F)F. The van der Waals surface area contributed by atoms with Gasteiger partial charge in [-0.1, -0.05) is 78.1 Å². The highest BCUT2D eigenvalue weighted by Crippen LogP contribution is 2.36. The lowest BCUT2D eigenvalue weighted by atomic mass is 10.1. The molecule has 1 aromatic rings. The van der Waals surface area contributed by atoms with Crippen molar-refractivity contribution in [2.24, 2.45) is 0 Å². The van der Waals surface area contributed by atoms with Gasteiger partial charge in [-0.25, -0.2) is 26.0 Å². The summed E-state index contributed by atoms with van der Waals surface area (Å²) in [5, 5.41) is 0. The van der Waals surface area contributed by atoms with Crippen LogP contribution in [0.5, 0.6) is 0 Å². The topological polar surface area (TPSA) is 110 Å². The summed E-state index contributed by atoms with van der Waals surface area (Å²) >= 11 is 0. The van der Waals surface area contributed by atoms with Crippen LogP contribution in [0.25, 0.3) is 4.13 Å². The summed E-state index contributed by atoms with van der Waals surface area (Å²) in [5.74, 6) is 0. The normalized spacial score (nSPS) is 12.8. The Morgan fingerprint density at radius 2 is 1.12 bits per heavy atom. The Balaban J connectivity index is 0.000000868. The molecule has 0 amide bonds. The van der Waals surface area contributed by atoms with Crippen LogP contribution in [0, 0.1) is 0 Å². The molecule has 0 bridgehead atoms. The second kappa shape index (κ2) is 19.6. The quantitative estimate of drug-likeness (QED) is 0.0921. The molecule has 0 saturated heterocycles. The van der Waals surface area contributed by atoms with E-state index in [4.69, 9.17) is 9.47 Å². The summed E-state index contributed by atoms with van der Waals surface area (Å²) < 4.78 is 125. The Labute approximate surface area is 233 Å². The number of ether oxygens (including phenoxy) is 2. The van der Waals surface area contributed by atoms with E-state index in [-0.39, 0.29) is 0 Å². The minimum atomic E-state index is -6.72. The van der Waals surface area contributed by atoms with Gasteiger partial charge in [-0.3, -0.25) is 0 Å². The van der Waals surface area contributed by atoms with Crippen molar-refractivity contribution in [3.05, 3.63) is 22.8 Å². The van der Waals surface area contributed by atoms with Gasteiger partial charge in [0.05, 0.1) is 13.2 Å². The molecule has 1 aromatic heterocycles. The third kappa shape index (κ3) is 17.4. The first-order chi connectivity index (χ1) is 18.6. The van der Waals surface area contributed by atoms with Gasteiger partial charge >= 0.3 is 11.0 Å². The molecule has 40 heavy (non-hydrogen) atoms. The molecular weight excluding hydrogens is 592 g/mol. The van der Waals surface area contributed by atoms with Crippen molar-refractivity contribution in [2.45, 2.75) is 115 Å². The summed E-state index contributed by atoms with van der Waals surface area (Å²) in [6.45, 7) is 7.51. The predicted octanol–water partition coefficient (Wildman–Crippen LogP) is 6.50. The van der Waals surface area contributed by atoms with Gasteiger partial charge in [0, 0.05) is 0 Å². The van der Waals surface area contributed by atoms with Gasteiger partial charge in [-0.2, -0.15) is 26.3 Å². The maximum Gasteiger partial charge on any atom is 0.480 e. The van der Waals surface area contributed by atoms with Crippen molar-refractivity contribution in [1.82, 2.24) is 4.57 Å². The fourth-order valence-corrected chi connectivity index (χ4v) is 4.82. The second-order valence-electron chi connectivity index (χ2n) is 8.97. The highest BCUT2D eigenvalue weighted by Gasteiger charge is 2.46. The summed E-state index contributed by atoms with van der Waals surface area (Å²) in [5.41, 5.74) is -12.4. The van der Waals surface area contributed by atoms with Crippen LogP contribution < -0.4 is 4.57 Å². The Bertz CT molecular complexity index is 923. The van der Waals surface area contributed by atoms with Crippen LogP contribution in [-0.4, -0.2) is 45.6 Å². The fourth-order valence-electron chi connectivity index (χ4n) is 3.11. The van der Waals surface area contributed by atoms with E-state index in [1.54, 1.807) is 0 Å². The molecular formula is C23H41F6N3O6S2. The lowest BCUT2D eigenvalue weighted by molar-refractivity contribution is -0.732. The maximum atomic E-state index is 11.4. The number of unbranched alkanes of at least 4 members (excludes halogenated alkanes) is 10. The van der Waals surface area contributed by atoms with Gasteiger partial charge in [-0.05, 0) is 12.8 Å². The van der Waals surface area contributed by atoms with Crippen LogP contribution in [-0.2, 0) is 43.0 Å². The number of halogens is 6. The van der Waals surface area contributed by atoms with E-state index in [1.807, 2.05) is 0 Å². The van der Waals surface area contributed by atoms with Crippen molar-refractivity contribution in [2.75, 3.05) is 13.2 Å². The van der Waals surface area contributed by atoms with Gasteiger partial charge in [0.2, 0.25) is 6.33 Å². The number of rotatable bonds is 20. The van der Waals surface area contributed by atoms with E-state index in [1.165, 1.54) is 77.0 Å². The minimum absolute atomic E-state index is 0.638. The number of nitrogens with zero attached hydrogens (tertiary/aromatic N) is 3. The second-order valence-corrected chi connectivity index (χ2v) is 12.4. The summed E-state index contributed by atoms with van der Waals surface area (Å²) in [6, 6.07) is 0. The largest absolute Gasteiger partial charge is 0.480 e. The standard InChI is InChI=1S/C21H41N2O2.C2F6NO4S2/c1-3-5-7-9-11-13-17-24-20-22-15-16-23(19-22)21-25-18-14-12-10-8-6-4-2;3-1(4,5)14(10,11)9-15(12,13)2(6,7)8/h15-16,19H,3-14,17-18,20-21H2,1-2H3;/q+1;-1. The van der Waals surface area contributed by atoms with Crippen molar-refractivity contribution in [3.63, 3.8) is 0 Å². The Hall–Kier alpha value is -1.43. The van der Waals surface area contributed by atoms with Crippen molar-refractivity contribution < 1.29 is 57.2 Å². The number of alkyl halides is 6. The Morgan fingerprint density at radius 3 is 1.57 bits per heavy atom. The first kappa shape index (κ1) is 38.6. The monoisotopic (exact) mass is 633 g/mol. The highest BCUT2D eigenvalue weighted by atomic mass is 32.3. The average Bonchev–Trinajstić information content (AvgIpc) is 3.28. The third-order valence-corrected chi connectivity index (χ3v) is 8.03. The molecule has 0 fully saturated rings. The number of aromatic nitrogens is 2. The van der Waals surface area contributed by atoms with Crippen LogP contribution in [0.2, 0.25) is 0 Å². The molecule has 0 aliphatic heterocycles. The van der Waals surface area contributed by atoms with E-state index in [0.29, 0.717) is 13.5 Å². The molecule has 0 N–H and O–H groups in total. The molecule has 9 nitrogen and oxygen atoms in total. The van der Waals surface area contributed by atoms with Gasteiger partial charge in [0.25, 0.3) is 0 Å². The molecule has 0 spiro atoms. The number of hydrogen-bond donors (Lipinski definition) is 0. The van der Waals surface area contributed by atoms with E-state index in [9.17, 15) is 43.2 Å². The number of hydrogen-bond acceptors (Lipinski definition) is 6.